The number of alkyl halides is 2. The summed E-state index contributed by atoms with van der Waals surface area (Å²) >= 11 is 0. The fourth-order valence-corrected chi connectivity index (χ4v) is 5.85. The number of fused-ring (bicyclic) bond motifs is 1. The minimum atomic E-state index is -3.07. The van der Waals surface area contributed by atoms with Crippen molar-refractivity contribution in [3.8, 4) is 28.5 Å². The van der Waals surface area contributed by atoms with E-state index in [0.29, 0.717) is 41.4 Å². The third-order valence-corrected chi connectivity index (χ3v) is 8.38. The summed E-state index contributed by atoms with van der Waals surface area (Å²) in [6, 6.07) is 6.88. The molecule has 1 saturated heterocycles. The monoisotopic (exact) mass is 525 g/mol. The Morgan fingerprint density at radius 1 is 1.18 bits per heavy atom. The van der Waals surface area contributed by atoms with Crippen LogP contribution < -0.4 is 14.2 Å². The van der Waals surface area contributed by atoms with Gasteiger partial charge in [0.05, 0.1) is 25.6 Å². The average molecular weight is 526 g/mol. The number of hydrogen-bond acceptors (Lipinski definition) is 6. The number of ketones is 1. The minimum Gasteiger partial charge on any atom is -0.496 e. The molecule has 0 N–H and O–H groups in total. The van der Waals surface area contributed by atoms with Crippen LogP contribution in [0.3, 0.4) is 0 Å². The van der Waals surface area contributed by atoms with Crippen molar-refractivity contribution < 1.29 is 27.8 Å². The maximum atomic E-state index is 13.3. The van der Waals surface area contributed by atoms with Crippen LogP contribution in [0.4, 0.5) is 8.78 Å². The van der Waals surface area contributed by atoms with Crippen molar-refractivity contribution in [3.63, 3.8) is 0 Å². The van der Waals surface area contributed by atoms with Crippen LogP contribution in [0, 0.1) is 5.92 Å². The average Bonchev–Trinajstić information content (AvgIpc) is 3.56. The molecule has 7 nitrogen and oxygen atoms in total. The first-order valence-corrected chi connectivity index (χ1v) is 13.5. The number of methoxy groups -OCH3 is 1. The van der Waals surface area contributed by atoms with Gasteiger partial charge in [0.15, 0.2) is 5.78 Å². The van der Waals surface area contributed by atoms with Gasteiger partial charge in [0, 0.05) is 42.9 Å². The molecule has 3 fully saturated rings. The van der Waals surface area contributed by atoms with Crippen molar-refractivity contribution in [2.75, 3.05) is 26.8 Å². The highest BCUT2D eigenvalue weighted by Gasteiger charge is 2.48. The Balaban J connectivity index is 1.19. The summed E-state index contributed by atoms with van der Waals surface area (Å²) in [5.41, 5.74) is 2.46. The fraction of sp³-hybridized carbons (Fsp3) is 0.517. The summed E-state index contributed by atoms with van der Waals surface area (Å²) in [4.78, 5) is 20.0. The second-order valence-electron chi connectivity index (χ2n) is 10.8. The first kappa shape index (κ1) is 25.1. The number of aromatic nitrogens is 2. The number of nitrogens with zero attached hydrogens (tertiary/aromatic N) is 3. The Bertz CT molecular complexity index is 1330. The van der Waals surface area contributed by atoms with Gasteiger partial charge in [0.25, 0.3) is 0 Å². The number of rotatable bonds is 12. The molecule has 0 amide bonds. The third kappa shape index (κ3) is 4.84. The molecular formula is C29H33F2N3O4. The van der Waals surface area contributed by atoms with E-state index in [1.54, 1.807) is 12.3 Å². The molecule has 0 atom stereocenters. The van der Waals surface area contributed by atoms with Crippen LogP contribution in [0.1, 0.15) is 61.7 Å². The summed E-state index contributed by atoms with van der Waals surface area (Å²) in [6.07, 6.45) is 12.1. The van der Waals surface area contributed by atoms with Crippen LogP contribution in [-0.4, -0.2) is 59.0 Å². The van der Waals surface area contributed by atoms with E-state index < -0.39 is 6.61 Å². The van der Waals surface area contributed by atoms with Crippen molar-refractivity contribution in [1.82, 2.24) is 14.3 Å². The molecule has 1 spiro atoms. The Morgan fingerprint density at radius 2 is 2.00 bits per heavy atom. The number of carbonyl (C=O) groups excluding carboxylic acids is 1. The molecule has 202 valence electrons. The van der Waals surface area contributed by atoms with Gasteiger partial charge in [0.2, 0.25) is 0 Å². The zero-order valence-electron chi connectivity index (χ0n) is 21.6. The number of hydrogen-bond donors (Lipinski definition) is 0. The normalized spacial score (nSPS) is 18.4. The Morgan fingerprint density at radius 3 is 2.66 bits per heavy atom. The van der Waals surface area contributed by atoms with Crippen LogP contribution in [0.15, 0.2) is 36.7 Å². The zero-order valence-corrected chi connectivity index (χ0v) is 21.6. The molecule has 0 unspecified atom stereocenters. The highest BCUT2D eigenvalue weighted by Crippen LogP contribution is 2.47. The minimum absolute atomic E-state index is 0.0643. The lowest BCUT2D eigenvalue weighted by atomic mass is 9.68. The van der Waals surface area contributed by atoms with Gasteiger partial charge in [-0.3, -0.25) is 14.1 Å². The number of Topliss-reactive ketones (excluding diaryl/α,β-unsaturated/α-hetero) is 1. The molecule has 0 radical (unpaired) electrons. The SMILES string of the molecule is COc1cc(-c2cnc3cc(OCCCN4CCC45CCC5)ccn23)cc(OC(F)F)c1C(=O)CC1CC1. The lowest BCUT2D eigenvalue weighted by Gasteiger charge is -2.59. The standard InChI is InChI=1S/C29H33F2N3O4/c1-36-24-15-20(16-25(38-28(30)31)27(24)23(35)14-19-4-5-19)22-18-32-26-17-21(6-11-34(22)26)37-13-3-10-33-12-9-29(33)7-2-8-29/h6,11,15-19,28H,2-5,7-10,12-14H2,1H3. The predicted molar refractivity (Wildman–Crippen MR) is 138 cm³/mol. The molecule has 1 aliphatic heterocycles. The molecular weight excluding hydrogens is 492 g/mol. The first-order valence-electron chi connectivity index (χ1n) is 13.5. The predicted octanol–water partition coefficient (Wildman–Crippen LogP) is 5.99. The molecule has 6 rings (SSSR count). The summed E-state index contributed by atoms with van der Waals surface area (Å²) in [5, 5.41) is 0. The molecule has 0 bridgehead atoms. The van der Waals surface area contributed by atoms with Gasteiger partial charge in [0.1, 0.15) is 28.5 Å². The van der Waals surface area contributed by atoms with Crippen molar-refractivity contribution in [3.05, 3.63) is 42.2 Å². The molecule has 2 saturated carbocycles. The van der Waals surface area contributed by atoms with E-state index in [1.807, 2.05) is 22.7 Å². The smallest absolute Gasteiger partial charge is 0.387 e. The van der Waals surface area contributed by atoms with E-state index in [4.69, 9.17) is 14.2 Å². The van der Waals surface area contributed by atoms with E-state index in [2.05, 4.69) is 9.88 Å². The van der Waals surface area contributed by atoms with E-state index in [0.717, 1.165) is 31.6 Å². The van der Waals surface area contributed by atoms with Crippen molar-refractivity contribution >= 4 is 11.4 Å². The highest BCUT2D eigenvalue weighted by molar-refractivity contribution is 6.02. The number of pyridine rings is 1. The highest BCUT2D eigenvalue weighted by atomic mass is 19.3. The van der Waals surface area contributed by atoms with E-state index in [9.17, 15) is 13.6 Å². The number of imidazole rings is 1. The van der Waals surface area contributed by atoms with Crippen LogP contribution in [-0.2, 0) is 0 Å². The lowest BCUT2D eigenvalue weighted by molar-refractivity contribution is -0.0740. The van der Waals surface area contributed by atoms with Gasteiger partial charge in [-0.2, -0.15) is 8.78 Å². The maximum Gasteiger partial charge on any atom is 0.387 e. The van der Waals surface area contributed by atoms with Gasteiger partial charge >= 0.3 is 6.61 Å². The van der Waals surface area contributed by atoms with E-state index in [1.165, 1.54) is 45.4 Å². The van der Waals surface area contributed by atoms with Crippen LogP contribution in [0.2, 0.25) is 0 Å². The van der Waals surface area contributed by atoms with Crippen molar-refractivity contribution in [1.29, 1.82) is 0 Å². The maximum absolute atomic E-state index is 13.3. The Hall–Kier alpha value is -3.20. The molecule has 2 aliphatic carbocycles. The molecule has 9 heteroatoms. The fourth-order valence-electron chi connectivity index (χ4n) is 5.85. The Kier molecular flexibility index (Phi) is 6.72. The first-order chi connectivity index (χ1) is 18.5. The molecule has 3 aromatic rings. The summed E-state index contributed by atoms with van der Waals surface area (Å²) in [7, 11) is 1.42. The number of carbonyl (C=O) groups is 1. The van der Waals surface area contributed by atoms with E-state index >= 15 is 0 Å². The molecule has 3 heterocycles. The zero-order chi connectivity index (χ0) is 26.3. The topological polar surface area (TPSA) is 65.3 Å². The van der Waals surface area contributed by atoms with Crippen LogP contribution >= 0.6 is 0 Å². The number of ether oxygens (including phenoxy) is 3. The number of halogens is 2. The van der Waals surface area contributed by atoms with Gasteiger partial charge in [-0.1, -0.05) is 0 Å². The second-order valence-corrected chi connectivity index (χ2v) is 10.8. The number of likely N-dealkylation sites (tertiary alicyclic amines) is 1. The summed E-state index contributed by atoms with van der Waals surface area (Å²) in [5.74, 6) is 0.822. The quantitative estimate of drug-likeness (QED) is 0.214. The van der Waals surface area contributed by atoms with Crippen molar-refractivity contribution in [2.45, 2.75) is 63.5 Å². The largest absolute Gasteiger partial charge is 0.496 e. The Labute approximate surface area is 220 Å². The van der Waals surface area contributed by atoms with Crippen molar-refractivity contribution in [2.24, 2.45) is 5.92 Å². The van der Waals surface area contributed by atoms with Gasteiger partial charge in [-0.05, 0) is 69.1 Å². The number of benzene rings is 1. The van der Waals surface area contributed by atoms with Crippen LogP contribution in [0.5, 0.6) is 17.2 Å². The molecule has 3 aliphatic rings. The van der Waals surface area contributed by atoms with E-state index in [-0.39, 0.29) is 22.8 Å². The third-order valence-electron chi connectivity index (χ3n) is 8.38. The summed E-state index contributed by atoms with van der Waals surface area (Å²) < 4.78 is 44.7. The molecule has 38 heavy (non-hydrogen) atoms. The molecule has 1 aromatic carbocycles. The van der Waals surface area contributed by atoms with Crippen LogP contribution in [0.25, 0.3) is 16.9 Å². The molecule has 2 aromatic heterocycles. The van der Waals surface area contributed by atoms with Gasteiger partial charge < -0.3 is 14.2 Å². The van der Waals surface area contributed by atoms with Gasteiger partial charge in [-0.15, -0.1) is 0 Å². The van der Waals surface area contributed by atoms with Gasteiger partial charge in [-0.25, -0.2) is 4.98 Å². The summed E-state index contributed by atoms with van der Waals surface area (Å²) in [6.45, 7) is -0.157. The second kappa shape index (κ2) is 10.2. The lowest BCUT2D eigenvalue weighted by Crippen LogP contribution is -2.63.